The van der Waals surface area contributed by atoms with Gasteiger partial charge >= 0.3 is 0 Å². The molecule has 2 heterocycles. The third kappa shape index (κ3) is 3.31. The van der Waals surface area contributed by atoms with Gasteiger partial charge in [0.05, 0.1) is 5.02 Å². The Kier molecular flexibility index (Phi) is 4.75. The Labute approximate surface area is 117 Å². The minimum atomic E-state index is 0.327. The first-order valence-corrected chi connectivity index (χ1v) is 7.28. The molecule has 18 heavy (non-hydrogen) atoms. The van der Waals surface area contributed by atoms with Crippen LogP contribution in [0.2, 0.25) is 5.02 Å². The molecule has 0 aromatic carbocycles. The van der Waals surface area contributed by atoms with Crippen molar-refractivity contribution in [2.75, 3.05) is 6.54 Å². The summed E-state index contributed by atoms with van der Waals surface area (Å²) in [5, 5.41) is 4.26. The van der Waals surface area contributed by atoms with Crippen molar-refractivity contribution >= 4 is 22.9 Å². The van der Waals surface area contributed by atoms with E-state index in [0.29, 0.717) is 6.04 Å². The number of pyridine rings is 1. The van der Waals surface area contributed by atoms with Gasteiger partial charge in [0.1, 0.15) is 0 Å². The van der Waals surface area contributed by atoms with Gasteiger partial charge in [0.25, 0.3) is 0 Å². The Hall–Kier alpha value is -0.900. The van der Waals surface area contributed by atoms with Gasteiger partial charge in [-0.25, -0.2) is 0 Å². The van der Waals surface area contributed by atoms with E-state index in [4.69, 9.17) is 11.6 Å². The maximum Gasteiger partial charge on any atom is 0.0622 e. The zero-order valence-corrected chi connectivity index (χ0v) is 12.2. The maximum absolute atomic E-state index is 6.17. The molecule has 2 nitrogen and oxygen atoms in total. The van der Waals surface area contributed by atoms with Crippen molar-refractivity contribution in [2.45, 2.75) is 26.3 Å². The smallest absolute Gasteiger partial charge is 0.0622 e. The molecule has 2 rings (SSSR count). The van der Waals surface area contributed by atoms with Crippen molar-refractivity contribution in [1.29, 1.82) is 0 Å². The average Bonchev–Trinajstić information content (AvgIpc) is 2.78. The van der Waals surface area contributed by atoms with Gasteiger partial charge in [-0.1, -0.05) is 18.5 Å². The fourth-order valence-electron chi connectivity index (χ4n) is 1.95. The monoisotopic (exact) mass is 280 g/mol. The predicted molar refractivity (Wildman–Crippen MR) is 78.4 cm³/mol. The molecule has 0 saturated carbocycles. The van der Waals surface area contributed by atoms with Gasteiger partial charge in [-0.2, -0.15) is 0 Å². The highest BCUT2D eigenvalue weighted by atomic mass is 35.5. The number of rotatable bonds is 5. The molecular formula is C14H17ClN2S. The minimum Gasteiger partial charge on any atom is -0.309 e. The van der Waals surface area contributed by atoms with E-state index in [0.717, 1.165) is 23.6 Å². The van der Waals surface area contributed by atoms with Gasteiger partial charge in [-0.3, -0.25) is 4.98 Å². The number of nitrogens with one attached hydrogen (secondary N) is 1. The summed E-state index contributed by atoms with van der Waals surface area (Å²) in [4.78, 5) is 6.73. The molecule has 0 bridgehead atoms. The van der Waals surface area contributed by atoms with Crippen molar-refractivity contribution in [1.82, 2.24) is 10.3 Å². The fourth-order valence-corrected chi connectivity index (χ4v) is 3.10. The highest BCUT2D eigenvalue weighted by molar-refractivity contribution is 7.12. The third-order valence-corrected chi connectivity index (χ3v) is 4.29. The number of halogens is 1. The molecule has 1 unspecified atom stereocenters. The summed E-state index contributed by atoms with van der Waals surface area (Å²) in [5.74, 6) is 0. The lowest BCUT2D eigenvalue weighted by Gasteiger charge is -2.17. The van der Waals surface area contributed by atoms with Crippen LogP contribution in [0.5, 0.6) is 0 Å². The number of nitrogens with zero attached hydrogens (tertiary/aromatic N) is 1. The molecule has 0 aliphatic rings. The van der Waals surface area contributed by atoms with Crippen LogP contribution in [0.1, 0.15) is 28.3 Å². The predicted octanol–water partition coefficient (Wildman–Crippen LogP) is 4.00. The number of aryl methyl sites for hydroxylation is 1. The van der Waals surface area contributed by atoms with Gasteiger partial charge in [-0.05, 0) is 43.7 Å². The lowest BCUT2D eigenvalue weighted by atomic mass is 10.1. The van der Waals surface area contributed by atoms with E-state index in [1.807, 2.05) is 17.4 Å². The quantitative estimate of drug-likeness (QED) is 0.895. The summed E-state index contributed by atoms with van der Waals surface area (Å²) < 4.78 is 0. The van der Waals surface area contributed by atoms with Gasteiger partial charge in [0, 0.05) is 28.2 Å². The SMILES string of the molecule is CCNC(Cc1ccncc1Cl)c1ccc(C)s1. The highest BCUT2D eigenvalue weighted by Crippen LogP contribution is 2.27. The molecular weight excluding hydrogens is 264 g/mol. The largest absolute Gasteiger partial charge is 0.309 e. The Morgan fingerprint density at radius 2 is 2.22 bits per heavy atom. The normalized spacial score (nSPS) is 12.6. The Bertz CT molecular complexity index is 510. The summed E-state index contributed by atoms with van der Waals surface area (Å²) in [6.07, 6.45) is 4.40. The van der Waals surface area contributed by atoms with Crippen LogP contribution in [0.4, 0.5) is 0 Å². The van der Waals surface area contributed by atoms with Gasteiger partial charge < -0.3 is 5.32 Å². The van der Waals surface area contributed by atoms with Crippen LogP contribution in [0.3, 0.4) is 0 Å². The van der Waals surface area contributed by atoms with Crippen LogP contribution in [0.15, 0.2) is 30.6 Å². The van der Waals surface area contributed by atoms with Crippen LogP contribution < -0.4 is 5.32 Å². The molecule has 4 heteroatoms. The molecule has 0 aliphatic heterocycles. The van der Waals surface area contributed by atoms with Gasteiger partial charge in [0.2, 0.25) is 0 Å². The van der Waals surface area contributed by atoms with Gasteiger partial charge in [0.15, 0.2) is 0 Å². The average molecular weight is 281 g/mol. The van der Waals surface area contributed by atoms with E-state index >= 15 is 0 Å². The van der Waals surface area contributed by atoms with Crippen molar-refractivity contribution in [3.8, 4) is 0 Å². The molecule has 2 aromatic heterocycles. The van der Waals surface area contributed by atoms with Crippen LogP contribution in [-0.4, -0.2) is 11.5 Å². The second-order valence-electron chi connectivity index (χ2n) is 4.23. The number of thiophene rings is 1. The second kappa shape index (κ2) is 6.32. The molecule has 0 amide bonds. The van der Waals surface area contributed by atoms with E-state index in [1.165, 1.54) is 9.75 Å². The Morgan fingerprint density at radius 3 is 2.83 bits per heavy atom. The lowest BCUT2D eigenvalue weighted by molar-refractivity contribution is 0.558. The standard InChI is InChI=1S/C14H17ClN2S/c1-3-17-13(14-5-4-10(2)18-14)8-11-6-7-16-9-12(11)15/h4-7,9,13,17H,3,8H2,1-2H3. The Balaban J connectivity index is 2.19. The lowest BCUT2D eigenvalue weighted by Crippen LogP contribution is -2.22. The summed E-state index contributed by atoms with van der Waals surface area (Å²) in [7, 11) is 0. The van der Waals surface area contributed by atoms with E-state index < -0.39 is 0 Å². The molecule has 96 valence electrons. The molecule has 1 atom stereocenters. The molecule has 0 fully saturated rings. The minimum absolute atomic E-state index is 0.327. The van der Waals surface area contributed by atoms with E-state index in [9.17, 15) is 0 Å². The van der Waals surface area contributed by atoms with E-state index in [2.05, 4.69) is 36.3 Å². The summed E-state index contributed by atoms with van der Waals surface area (Å²) >= 11 is 8.01. The van der Waals surface area contributed by atoms with Crippen LogP contribution in [-0.2, 0) is 6.42 Å². The second-order valence-corrected chi connectivity index (χ2v) is 5.96. The van der Waals surface area contributed by atoms with Crippen LogP contribution >= 0.6 is 22.9 Å². The zero-order chi connectivity index (χ0) is 13.0. The maximum atomic E-state index is 6.17. The molecule has 0 aliphatic carbocycles. The number of hydrogen-bond donors (Lipinski definition) is 1. The molecule has 1 N–H and O–H groups in total. The van der Waals surface area contributed by atoms with Gasteiger partial charge in [-0.15, -0.1) is 11.3 Å². The molecule has 0 radical (unpaired) electrons. The van der Waals surface area contributed by atoms with Crippen LogP contribution in [0.25, 0.3) is 0 Å². The van der Waals surface area contributed by atoms with Crippen LogP contribution in [0, 0.1) is 6.92 Å². The van der Waals surface area contributed by atoms with Crippen molar-refractivity contribution in [3.63, 3.8) is 0 Å². The first-order chi connectivity index (χ1) is 8.70. The summed E-state index contributed by atoms with van der Waals surface area (Å²) in [6.45, 7) is 5.21. The topological polar surface area (TPSA) is 24.9 Å². The first kappa shape index (κ1) is 13.5. The number of aromatic nitrogens is 1. The zero-order valence-electron chi connectivity index (χ0n) is 10.6. The molecule has 0 saturated heterocycles. The molecule has 2 aromatic rings. The number of hydrogen-bond acceptors (Lipinski definition) is 3. The summed E-state index contributed by atoms with van der Waals surface area (Å²) in [5.41, 5.74) is 1.14. The number of likely N-dealkylation sites (N-methyl/N-ethyl adjacent to an activating group) is 1. The van der Waals surface area contributed by atoms with Crippen molar-refractivity contribution in [2.24, 2.45) is 0 Å². The summed E-state index contributed by atoms with van der Waals surface area (Å²) in [6, 6.07) is 6.68. The van der Waals surface area contributed by atoms with E-state index in [-0.39, 0.29) is 0 Å². The molecule has 0 spiro atoms. The third-order valence-electron chi connectivity index (χ3n) is 2.84. The van der Waals surface area contributed by atoms with Crippen molar-refractivity contribution in [3.05, 3.63) is 50.9 Å². The van der Waals surface area contributed by atoms with Crippen molar-refractivity contribution < 1.29 is 0 Å². The first-order valence-electron chi connectivity index (χ1n) is 6.08. The fraction of sp³-hybridized carbons (Fsp3) is 0.357. The Morgan fingerprint density at radius 1 is 1.39 bits per heavy atom. The van der Waals surface area contributed by atoms with E-state index in [1.54, 1.807) is 12.4 Å². The highest BCUT2D eigenvalue weighted by Gasteiger charge is 2.14.